The van der Waals surface area contributed by atoms with E-state index in [2.05, 4.69) is 13.0 Å². The molecule has 2 N–H and O–H groups in total. The van der Waals surface area contributed by atoms with Crippen molar-refractivity contribution in [1.29, 1.82) is 0 Å². The van der Waals surface area contributed by atoms with Crippen molar-refractivity contribution in [3.63, 3.8) is 0 Å². The molecule has 2 nitrogen and oxygen atoms in total. The van der Waals surface area contributed by atoms with Crippen molar-refractivity contribution >= 4 is 7.12 Å². The second-order valence-electron chi connectivity index (χ2n) is 3.07. The van der Waals surface area contributed by atoms with Gasteiger partial charge in [0.25, 0.3) is 0 Å². The van der Waals surface area contributed by atoms with Gasteiger partial charge in [-0.15, -0.1) is 0 Å². The first-order valence-corrected chi connectivity index (χ1v) is 3.87. The van der Waals surface area contributed by atoms with Gasteiger partial charge in [-0.1, -0.05) is 32.1 Å². The highest BCUT2D eigenvalue weighted by atomic mass is 16.4. The Bertz CT molecular complexity index is 196. The molecule has 0 aromatic heterocycles. The first kappa shape index (κ1) is 8.56. The van der Waals surface area contributed by atoms with Crippen LogP contribution in [0.1, 0.15) is 13.8 Å². The molecule has 3 heteroatoms. The minimum atomic E-state index is -1.29. The van der Waals surface area contributed by atoms with Crippen LogP contribution in [0.15, 0.2) is 23.7 Å². The largest absolute Gasteiger partial charge is 0.484 e. The Balaban J connectivity index is 2.78. The van der Waals surface area contributed by atoms with Crippen LogP contribution in [0.25, 0.3) is 0 Å². The molecule has 1 rings (SSSR count). The zero-order chi connectivity index (χ0) is 8.43. The van der Waals surface area contributed by atoms with Crippen LogP contribution >= 0.6 is 0 Å². The normalized spacial score (nSPS) is 30.0. The summed E-state index contributed by atoms with van der Waals surface area (Å²) in [7, 11) is -1.29. The van der Waals surface area contributed by atoms with Crippen LogP contribution in [-0.4, -0.2) is 17.2 Å². The first-order valence-electron chi connectivity index (χ1n) is 3.87. The van der Waals surface area contributed by atoms with Gasteiger partial charge in [-0.2, -0.15) is 0 Å². The van der Waals surface area contributed by atoms with Gasteiger partial charge < -0.3 is 10.0 Å². The van der Waals surface area contributed by atoms with Crippen LogP contribution in [-0.2, 0) is 0 Å². The lowest BCUT2D eigenvalue weighted by molar-refractivity contribution is 0.400. The van der Waals surface area contributed by atoms with E-state index in [1.165, 1.54) is 0 Å². The molecule has 11 heavy (non-hydrogen) atoms. The maximum Gasteiger partial charge on any atom is 0.484 e. The van der Waals surface area contributed by atoms with Crippen molar-refractivity contribution < 1.29 is 10.0 Å². The number of hydrogen-bond acceptors (Lipinski definition) is 2. The van der Waals surface area contributed by atoms with E-state index in [1.54, 1.807) is 6.08 Å². The van der Waals surface area contributed by atoms with E-state index in [1.807, 2.05) is 13.0 Å². The van der Waals surface area contributed by atoms with Crippen LogP contribution in [0, 0.1) is 11.8 Å². The maximum atomic E-state index is 8.92. The highest BCUT2D eigenvalue weighted by molar-refractivity contribution is 6.51. The summed E-state index contributed by atoms with van der Waals surface area (Å²) in [4.78, 5) is 0. The fraction of sp³-hybridized carbons (Fsp3) is 0.500. The lowest BCUT2D eigenvalue weighted by Crippen LogP contribution is -2.25. The summed E-state index contributed by atoms with van der Waals surface area (Å²) in [6.45, 7) is 4.07. The Morgan fingerprint density at radius 1 is 1.36 bits per heavy atom. The topological polar surface area (TPSA) is 40.5 Å². The lowest BCUT2D eigenvalue weighted by atomic mass is 9.67. The quantitative estimate of drug-likeness (QED) is 0.544. The lowest BCUT2D eigenvalue weighted by Gasteiger charge is -2.22. The molecule has 0 heterocycles. The van der Waals surface area contributed by atoms with Crippen molar-refractivity contribution in [3.05, 3.63) is 23.7 Å². The summed E-state index contributed by atoms with van der Waals surface area (Å²) in [5.74, 6) is 0.636. The number of allylic oxidation sites excluding steroid dienone is 4. The molecule has 0 aromatic carbocycles. The molecule has 60 valence electrons. The minimum Gasteiger partial charge on any atom is -0.423 e. The summed E-state index contributed by atoms with van der Waals surface area (Å²) in [5.41, 5.74) is 0.708. The Morgan fingerprint density at radius 3 is 2.45 bits per heavy atom. The number of rotatable bonds is 1. The molecule has 2 unspecified atom stereocenters. The van der Waals surface area contributed by atoms with E-state index in [4.69, 9.17) is 10.0 Å². The van der Waals surface area contributed by atoms with E-state index in [9.17, 15) is 0 Å². The van der Waals surface area contributed by atoms with Gasteiger partial charge in [0, 0.05) is 0 Å². The monoisotopic (exact) mass is 152 g/mol. The van der Waals surface area contributed by atoms with Gasteiger partial charge in [-0.25, -0.2) is 0 Å². The molecule has 0 fully saturated rings. The van der Waals surface area contributed by atoms with Crippen LogP contribution in [0.3, 0.4) is 0 Å². The second-order valence-corrected chi connectivity index (χ2v) is 3.07. The zero-order valence-corrected chi connectivity index (χ0v) is 6.86. The van der Waals surface area contributed by atoms with E-state index in [-0.39, 0.29) is 5.92 Å². The summed E-state index contributed by atoms with van der Waals surface area (Å²) in [6.07, 6.45) is 5.71. The standard InChI is InChI=1S/C8H13BO2/c1-6-4-3-5-8(7(6)2)9(10)11/h3-7,10-11H,1-2H3. The highest BCUT2D eigenvalue weighted by Crippen LogP contribution is 2.25. The van der Waals surface area contributed by atoms with Gasteiger partial charge in [-0.05, 0) is 17.3 Å². The molecular weight excluding hydrogens is 139 g/mol. The summed E-state index contributed by atoms with van der Waals surface area (Å²) < 4.78 is 0. The van der Waals surface area contributed by atoms with Gasteiger partial charge >= 0.3 is 7.12 Å². The molecule has 1 aliphatic carbocycles. The Labute approximate surface area is 67.4 Å². The van der Waals surface area contributed by atoms with Gasteiger partial charge in [-0.3, -0.25) is 0 Å². The molecule has 0 saturated heterocycles. The van der Waals surface area contributed by atoms with Crippen LogP contribution in [0.2, 0.25) is 0 Å². The molecule has 0 bridgehead atoms. The Morgan fingerprint density at radius 2 is 2.00 bits per heavy atom. The van der Waals surface area contributed by atoms with Gasteiger partial charge in [0.1, 0.15) is 0 Å². The van der Waals surface area contributed by atoms with Crippen molar-refractivity contribution in [1.82, 2.24) is 0 Å². The van der Waals surface area contributed by atoms with E-state index in [0.717, 1.165) is 0 Å². The molecule has 0 aliphatic heterocycles. The van der Waals surface area contributed by atoms with Crippen molar-refractivity contribution in [2.24, 2.45) is 11.8 Å². The zero-order valence-electron chi connectivity index (χ0n) is 6.86. The molecule has 1 aliphatic rings. The van der Waals surface area contributed by atoms with Crippen molar-refractivity contribution in [2.75, 3.05) is 0 Å². The van der Waals surface area contributed by atoms with Crippen LogP contribution < -0.4 is 0 Å². The minimum absolute atomic E-state index is 0.236. The van der Waals surface area contributed by atoms with Gasteiger partial charge in [0.05, 0.1) is 0 Å². The van der Waals surface area contributed by atoms with Gasteiger partial charge in [0.2, 0.25) is 0 Å². The molecule has 0 radical (unpaired) electrons. The van der Waals surface area contributed by atoms with E-state index >= 15 is 0 Å². The molecular formula is C8H13BO2. The molecule has 0 amide bonds. The first-order chi connectivity index (χ1) is 5.13. The summed E-state index contributed by atoms with van der Waals surface area (Å²) >= 11 is 0. The summed E-state index contributed by atoms with van der Waals surface area (Å²) in [5, 5.41) is 17.8. The van der Waals surface area contributed by atoms with E-state index < -0.39 is 7.12 Å². The smallest absolute Gasteiger partial charge is 0.423 e. The maximum absolute atomic E-state index is 8.92. The fourth-order valence-corrected chi connectivity index (χ4v) is 1.29. The average Bonchev–Trinajstić information content (AvgIpc) is 1.94. The van der Waals surface area contributed by atoms with E-state index in [0.29, 0.717) is 11.4 Å². The SMILES string of the molecule is CC1C=CC=C(B(O)O)C1C. The predicted molar refractivity (Wildman–Crippen MR) is 45.7 cm³/mol. The average molecular weight is 152 g/mol. The van der Waals surface area contributed by atoms with Crippen molar-refractivity contribution in [2.45, 2.75) is 13.8 Å². The third kappa shape index (κ3) is 1.73. The van der Waals surface area contributed by atoms with Crippen molar-refractivity contribution in [3.8, 4) is 0 Å². The highest BCUT2D eigenvalue weighted by Gasteiger charge is 2.25. The predicted octanol–water partition coefficient (Wildman–Crippen LogP) is 0.767. The third-order valence-corrected chi connectivity index (χ3v) is 2.32. The molecule has 0 spiro atoms. The third-order valence-electron chi connectivity index (χ3n) is 2.32. The van der Waals surface area contributed by atoms with Crippen LogP contribution in [0.4, 0.5) is 0 Å². The molecule has 0 aromatic rings. The van der Waals surface area contributed by atoms with Gasteiger partial charge in [0.15, 0.2) is 0 Å². The second kappa shape index (κ2) is 3.24. The summed E-state index contributed by atoms with van der Waals surface area (Å²) in [6, 6.07) is 0. The fourth-order valence-electron chi connectivity index (χ4n) is 1.29. The molecule has 2 atom stereocenters. The van der Waals surface area contributed by atoms with Crippen LogP contribution in [0.5, 0.6) is 0 Å². The Kier molecular flexibility index (Phi) is 2.52. The Hall–Kier alpha value is -0.535. The number of hydrogen-bond donors (Lipinski definition) is 2. The molecule has 0 saturated carbocycles.